The molecule has 0 aliphatic heterocycles. The highest BCUT2D eigenvalue weighted by Crippen LogP contribution is 1.95. The van der Waals surface area contributed by atoms with Crippen molar-refractivity contribution in [2.75, 3.05) is 24.8 Å². The summed E-state index contributed by atoms with van der Waals surface area (Å²) >= 11 is 0. The van der Waals surface area contributed by atoms with Crippen LogP contribution in [0.4, 0.5) is 0 Å². The highest BCUT2D eigenvalue weighted by atomic mass is 32.2. The Morgan fingerprint density at radius 1 is 1.47 bits per heavy atom. The second-order valence-electron chi connectivity index (χ2n) is 4.08. The van der Waals surface area contributed by atoms with E-state index in [1.165, 1.54) is 0 Å². The van der Waals surface area contributed by atoms with Gasteiger partial charge in [0.2, 0.25) is 5.91 Å². The predicted molar refractivity (Wildman–Crippen MR) is 68.8 cm³/mol. The number of sulfone groups is 1. The van der Waals surface area contributed by atoms with Crippen molar-refractivity contribution in [1.29, 1.82) is 0 Å². The first kappa shape index (κ1) is 16.5. The molecule has 6 nitrogen and oxygen atoms in total. The molecule has 0 saturated carbocycles. The molecule has 0 rings (SSSR count). The number of hydrogen-bond acceptors (Lipinski definition) is 5. The first-order chi connectivity index (χ1) is 7.63. The van der Waals surface area contributed by atoms with Crippen molar-refractivity contribution in [2.45, 2.75) is 24.6 Å². The minimum Gasteiger partial charge on any atom is -0.354 e. The van der Waals surface area contributed by atoms with Gasteiger partial charge in [-0.05, 0) is 13.3 Å². The minimum atomic E-state index is -3.11. The average molecular weight is 284 g/mol. The fourth-order valence-corrected chi connectivity index (χ4v) is 1.97. The van der Waals surface area contributed by atoms with Gasteiger partial charge >= 0.3 is 0 Å². The lowest BCUT2D eigenvalue weighted by atomic mass is 10.2. The largest absolute Gasteiger partial charge is 0.354 e. The molecule has 0 aliphatic carbocycles. The second-order valence-corrected chi connectivity index (χ2v) is 8.14. The summed E-state index contributed by atoms with van der Waals surface area (Å²) in [6.07, 6.45) is 2.74. The van der Waals surface area contributed by atoms with E-state index in [1.807, 2.05) is 0 Å². The third kappa shape index (κ3) is 8.28. The Labute approximate surface area is 105 Å². The summed E-state index contributed by atoms with van der Waals surface area (Å²) in [5.74, 6) is -0.525. The van der Waals surface area contributed by atoms with Gasteiger partial charge in [-0.25, -0.2) is 8.42 Å². The van der Waals surface area contributed by atoms with E-state index in [0.29, 0.717) is 0 Å². The third-order valence-electron chi connectivity index (χ3n) is 2.27. The summed E-state index contributed by atoms with van der Waals surface area (Å²) in [6, 6.07) is -0.845. The molecule has 0 aliphatic rings. The Hall–Kier alpha value is -0.470. The van der Waals surface area contributed by atoms with Crippen LogP contribution >= 0.6 is 0 Å². The van der Waals surface area contributed by atoms with Crippen molar-refractivity contribution in [2.24, 2.45) is 5.73 Å². The highest BCUT2D eigenvalue weighted by Gasteiger charge is 2.17. The molecule has 3 N–H and O–H groups in total. The Balaban J connectivity index is 4.03. The molecule has 0 fully saturated rings. The van der Waals surface area contributed by atoms with E-state index in [0.717, 1.165) is 6.26 Å². The Morgan fingerprint density at radius 3 is 2.41 bits per heavy atom. The van der Waals surface area contributed by atoms with Crippen LogP contribution in [0.5, 0.6) is 0 Å². The Bertz CT molecular complexity index is 380. The van der Waals surface area contributed by atoms with Crippen LogP contribution in [0.2, 0.25) is 0 Å². The number of nitrogens with two attached hydrogens (primary N) is 1. The summed E-state index contributed by atoms with van der Waals surface area (Å²) < 4.78 is 32.8. The third-order valence-corrected chi connectivity index (χ3v) is 4.54. The number of rotatable bonds is 7. The van der Waals surface area contributed by atoms with E-state index >= 15 is 0 Å². The van der Waals surface area contributed by atoms with E-state index in [4.69, 9.17) is 5.73 Å². The normalized spacial score (nSPS) is 17.2. The summed E-state index contributed by atoms with van der Waals surface area (Å²) in [7, 11) is -4.12. The number of nitrogens with one attached hydrogen (secondary N) is 1. The van der Waals surface area contributed by atoms with Crippen molar-refractivity contribution in [3.8, 4) is 0 Å². The van der Waals surface area contributed by atoms with Gasteiger partial charge in [-0.3, -0.25) is 9.00 Å². The molecule has 8 heteroatoms. The van der Waals surface area contributed by atoms with E-state index in [1.54, 1.807) is 13.2 Å². The first-order valence-corrected chi connectivity index (χ1v) is 8.85. The van der Waals surface area contributed by atoms with E-state index in [9.17, 15) is 17.4 Å². The lowest BCUT2D eigenvalue weighted by molar-refractivity contribution is -0.122. The van der Waals surface area contributed by atoms with Crippen LogP contribution in [0, 0.1) is 0 Å². The van der Waals surface area contributed by atoms with Crippen molar-refractivity contribution < 1.29 is 17.4 Å². The number of carbonyl (C=O) groups excluding carboxylic acids is 1. The molecular weight excluding hydrogens is 264 g/mol. The van der Waals surface area contributed by atoms with Gasteiger partial charge in [0, 0.05) is 35.1 Å². The van der Waals surface area contributed by atoms with Crippen molar-refractivity contribution in [1.82, 2.24) is 5.32 Å². The zero-order valence-electron chi connectivity index (χ0n) is 10.3. The molecular formula is C9H20N2O4S2. The van der Waals surface area contributed by atoms with Gasteiger partial charge in [-0.1, -0.05) is 0 Å². The second kappa shape index (κ2) is 7.07. The maximum absolute atomic E-state index is 11.5. The van der Waals surface area contributed by atoms with Crippen LogP contribution < -0.4 is 11.1 Å². The zero-order chi connectivity index (χ0) is 13.6. The van der Waals surface area contributed by atoms with Crippen LogP contribution in [0.25, 0.3) is 0 Å². The van der Waals surface area contributed by atoms with Crippen LogP contribution in [0.1, 0.15) is 13.3 Å². The van der Waals surface area contributed by atoms with Crippen LogP contribution in [0.15, 0.2) is 0 Å². The molecule has 0 spiro atoms. The van der Waals surface area contributed by atoms with Crippen LogP contribution in [-0.4, -0.2) is 54.6 Å². The molecule has 1 amide bonds. The number of carbonyl (C=O) groups is 1. The Morgan fingerprint density at radius 2 is 2.00 bits per heavy atom. The summed E-state index contributed by atoms with van der Waals surface area (Å²) in [5.41, 5.74) is 5.53. The van der Waals surface area contributed by atoms with Gasteiger partial charge in [-0.15, -0.1) is 0 Å². The smallest absolute Gasteiger partial charge is 0.236 e. The highest BCUT2D eigenvalue weighted by molar-refractivity contribution is 7.90. The predicted octanol–water partition coefficient (Wildman–Crippen LogP) is -1.37. The topological polar surface area (TPSA) is 106 Å². The molecule has 0 heterocycles. The summed E-state index contributed by atoms with van der Waals surface area (Å²) in [5, 5.41) is 2.40. The molecule has 102 valence electrons. The molecule has 3 atom stereocenters. The summed E-state index contributed by atoms with van der Waals surface area (Å²) in [6.45, 7) is 2.02. The van der Waals surface area contributed by atoms with Crippen molar-refractivity contribution >= 4 is 26.5 Å². The van der Waals surface area contributed by atoms with E-state index in [2.05, 4.69) is 5.32 Å². The standard InChI is InChI=1S/C9H20N2O4S2/c1-7(16(2)13)6-11-9(12)8(10)4-5-17(3,14)15/h7-8H,4-6,10H2,1-3H3,(H,11,12). The van der Waals surface area contributed by atoms with Crippen LogP contribution in [-0.2, 0) is 25.4 Å². The monoisotopic (exact) mass is 284 g/mol. The molecule has 0 bridgehead atoms. The zero-order valence-corrected chi connectivity index (χ0v) is 11.9. The lowest BCUT2D eigenvalue weighted by Gasteiger charge is -2.14. The van der Waals surface area contributed by atoms with Gasteiger partial charge in [0.1, 0.15) is 9.84 Å². The Kier molecular flexibility index (Phi) is 6.88. The summed E-state index contributed by atoms with van der Waals surface area (Å²) in [4.78, 5) is 11.5. The number of amides is 1. The lowest BCUT2D eigenvalue weighted by Crippen LogP contribution is -2.44. The SMILES string of the molecule is CC(CNC(=O)C(N)CCS(C)(=O)=O)S(C)=O. The maximum Gasteiger partial charge on any atom is 0.236 e. The molecule has 0 saturated heterocycles. The quantitative estimate of drug-likeness (QED) is 0.600. The van der Waals surface area contributed by atoms with Gasteiger partial charge in [0.15, 0.2) is 0 Å². The maximum atomic E-state index is 11.5. The molecule has 17 heavy (non-hydrogen) atoms. The van der Waals surface area contributed by atoms with Gasteiger partial charge in [-0.2, -0.15) is 0 Å². The van der Waals surface area contributed by atoms with Gasteiger partial charge < -0.3 is 11.1 Å². The van der Waals surface area contributed by atoms with Gasteiger partial charge in [0.05, 0.1) is 11.8 Å². The molecule has 0 aromatic heterocycles. The molecule has 3 unspecified atom stereocenters. The molecule has 0 radical (unpaired) electrons. The molecule has 0 aromatic carbocycles. The van der Waals surface area contributed by atoms with Gasteiger partial charge in [0.25, 0.3) is 0 Å². The van der Waals surface area contributed by atoms with Crippen molar-refractivity contribution in [3.63, 3.8) is 0 Å². The fraction of sp³-hybridized carbons (Fsp3) is 0.889. The minimum absolute atomic E-state index is 0.0915. The fourth-order valence-electron chi connectivity index (χ4n) is 0.965. The average Bonchev–Trinajstić information content (AvgIpc) is 2.20. The van der Waals surface area contributed by atoms with E-state index < -0.39 is 32.6 Å². The van der Waals surface area contributed by atoms with E-state index in [-0.39, 0.29) is 24.0 Å². The molecule has 0 aromatic rings. The van der Waals surface area contributed by atoms with Crippen molar-refractivity contribution in [3.05, 3.63) is 0 Å². The number of hydrogen-bond donors (Lipinski definition) is 2. The first-order valence-electron chi connectivity index (χ1n) is 5.16. The van der Waals surface area contributed by atoms with Crippen LogP contribution in [0.3, 0.4) is 0 Å².